The van der Waals surface area contributed by atoms with Gasteiger partial charge in [-0.2, -0.15) is 0 Å². The summed E-state index contributed by atoms with van der Waals surface area (Å²) in [7, 11) is 0. The Hall–Kier alpha value is -1.44. The summed E-state index contributed by atoms with van der Waals surface area (Å²) in [6.45, 7) is 8.64. The first kappa shape index (κ1) is 22.7. The number of nitrogens with one attached hydrogen (secondary N) is 2. The monoisotopic (exact) mass is 447 g/mol. The molecule has 0 spiro atoms. The summed E-state index contributed by atoms with van der Waals surface area (Å²) in [4.78, 5) is 19.2. The maximum Gasteiger partial charge on any atom is 0.220 e. The Balaban J connectivity index is 1.68. The van der Waals surface area contributed by atoms with Crippen LogP contribution in [0, 0.1) is 16.7 Å². The molecule has 6 nitrogen and oxygen atoms in total. The number of nitrogens with zero attached hydrogens (tertiary/aromatic N) is 1. The minimum absolute atomic E-state index is 0.0171. The van der Waals surface area contributed by atoms with Gasteiger partial charge in [-0.3, -0.25) is 4.79 Å². The van der Waals surface area contributed by atoms with Gasteiger partial charge in [0.2, 0.25) is 5.91 Å². The second kappa shape index (κ2) is 8.83. The van der Waals surface area contributed by atoms with Crippen LogP contribution in [0.5, 0.6) is 0 Å². The predicted octanol–water partition coefficient (Wildman–Crippen LogP) is 3.61. The van der Waals surface area contributed by atoms with Crippen molar-refractivity contribution in [3.63, 3.8) is 0 Å². The smallest absolute Gasteiger partial charge is 0.220 e. The van der Waals surface area contributed by atoms with E-state index in [1.54, 1.807) is 11.3 Å². The molecule has 31 heavy (non-hydrogen) atoms. The van der Waals surface area contributed by atoms with E-state index in [-0.39, 0.29) is 29.8 Å². The zero-order valence-electron chi connectivity index (χ0n) is 18.8. The first-order valence-corrected chi connectivity index (χ1v) is 12.6. The molecule has 0 aliphatic heterocycles. The Labute approximate surface area is 189 Å². The fourth-order valence-electron chi connectivity index (χ4n) is 6.42. The lowest BCUT2D eigenvalue weighted by molar-refractivity contribution is -0.144. The number of hydrogen-bond acceptors (Lipinski definition) is 6. The van der Waals surface area contributed by atoms with Crippen LogP contribution in [0.1, 0.15) is 75.3 Å². The predicted molar refractivity (Wildman–Crippen MR) is 124 cm³/mol. The van der Waals surface area contributed by atoms with Crippen LogP contribution in [0.3, 0.4) is 0 Å². The van der Waals surface area contributed by atoms with Crippen molar-refractivity contribution < 1.29 is 15.0 Å². The number of aliphatic hydroxyl groups excluding tert-OH is 2. The van der Waals surface area contributed by atoms with Crippen LogP contribution >= 0.6 is 11.3 Å². The molecule has 4 N–H and O–H groups in total. The van der Waals surface area contributed by atoms with Crippen LogP contribution < -0.4 is 10.6 Å². The molecule has 3 aliphatic carbocycles. The second-order valence-corrected chi connectivity index (χ2v) is 11.4. The molecule has 5 atom stereocenters. The van der Waals surface area contributed by atoms with Gasteiger partial charge in [0.05, 0.1) is 18.4 Å². The SMILES string of the molecule is C=CCNc1nc2c(s1)C[C@@H]1[C@](C)(CO)[C@H](O)CC[C@@]1(C)[C@@H]2CC(=O)NC1CCCC1. The van der Waals surface area contributed by atoms with Crippen molar-refractivity contribution in [2.45, 2.75) is 83.3 Å². The van der Waals surface area contributed by atoms with E-state index in [4.69, 9.17) is 4.98 Å². The van der Waals surface area contributed by atoms with E-state index < -0.39 is 11.5 Å². The van der Waals surface area contributed by atoms with E-state index in [0.717, 1.165) is 36.5 Å². The van der Waals surface area contributed by atoms with Gasteiger partial charge < -0.3 is 20.8 Å². The maximum absolute atomic E-state index is 13.1. The van der Waals surface area contributed by atoms with Gasteiger partial charge in [-0.15, -0.1) is 17.9 Å². The number of hydrogen-bond donors (Lipinski definition) is 4. The fraction of sp³-hybridized carbons (Fsp3) is 0.750. The van der Waals surface area contributed by atoms with E-state index in [1.807, 2.05) is 13.0 Å². The van der Waals surface area contributed by atoms with Crippen molar-refractivity contribution in [3.8, 4) is 0 Å². The Morgan fingerprint density at radius 2 is 2.06 bits per heavy atom. The molecule has 0 unspecified atom stereocenters. The Morgan fingerprint density at radius 3 is 2.74 bits per heavy atom. The Bertz CT molecular complexity index is 821. The van der Waals surface area contributed by atoms with Crippen molar-refractivity contribution in [3.05, 3.63) is 23.2 Å². The van der Waals surface area contributed by atoms with Gasteiger partial charge in [0.1, 0.15) is 0 Å². The summed E-state index contributed by atoms with van der Waals surface area (Å²) in [5, 5.41) is 28.6. The van der Waals surface area contributed by atoms with Crippen LogP contribution in [0.4, 0.5) is 5.13 Å². The van der Waals surface area contributed by atoms with Gasteiger partial charge in [0, 0.05) is 35.2 Å². The molecule has 2 saturated carbocycles. The summed E-state index contributed by atoms with van der Waals surface area (Å²) < 4.78 is 0. The zero-order valence-corrected chi connectivity index (χ0v) is 19.6. The van der Waals surface area contributed by atoms with Crippen LogP contribution in [0.2, 0.25) is 0 Å². The van der Waals surface area contributed by atoms with E-state index in [2.05, 4.69) is 24.1 Å². The molecule has 0 saturated heterocycles. The highest BCUT2D eigenvalue weighted by Crippen LogP contribution is 2.62. The van der Waals surface area contributed by atoms with Crippen molar-refractivity contribution in [1.82, 2.24) is 10.3 Å². The summed E-state index contributed by atoms with van der Waals surface area (Å²) in [5.41, 5.74) is 0.262. The molecule has 172 valence electrons. The highest BCUT2D eigenvalue weighted by molar-refractivity contribution is 7.15. The van der Waals surface area contributed by atoms with Crippen molar-refractivity contribution in [2.75, 3.05) is 18.5 Å². The van der Waals surface area contributed by atoms with E-state index in [9.17, 15) is 15.0 Å². The van der Waals surface area contributed by atoms with E-state index in [1.165, 1.54) is 17.7 Å². The third-order valence-corrected chi connectivity index (χ3v) is 9.45. The lowest BCUT2D eigenvalue weighted by Crippen LogP contribution is -2.57. The molecule has 0 radical (unpaired) electrons. The van der Waals surface area contributed by atoms with Crippen molar-refractivity contribution >= 4 is 22.4 Å². The van der Waals surface area contributed by atoms with Gasteiger partial charge in [-0.1, -0.05) is 32.8 Å². The molecule has 1 aromatic rings. The largest absolute Gasteiger partial charge is 0.396 e. The van der Waals surface area contributed by atoms with Gasteiger partial charge >= 0.3 is 0 Å². The van der Waals surface area contributed by atoms with E-state index in [0.29, 0.717) is 25.4 Å². The molecule has 3 aliphatic rings. The average Bonchev–Trinajstić information content (AvgIpc) is 3.40. The number of aromatic nitrogens is 1. The van der Waals surface area contributed by atoms with Crippen molar-refractivity contribution in [1.29, 1.82) is 0 Å². The molecule has 2 fully saturated rings. The van der Waals surface area contributed by atoms with Crippen LogP contribution in [0.25, 0.3) is 0 Å². The van der Waals surface area contributed by atoms with E-state index >= 15 is 0 Å². The third kappa shape index (κ3) is 4.05. The fourth-order valence-corrected chi connectivity index (χ4v) is 7.50. The number of rotatable bonds is 7. The molecule has 1 amide bonds. The van der Waals surface area contributed by atoms with Gasteiger partial charge in [0.25, 0.3) is 0 Å². The summed E-state index contributed by atoms with van der Waals surface area (Å²) in [6, 6.07) is 0.301. The first-order valence-electron chi connectivity index (χ1n) is 11.7. The molecule has 4 rings (SSSR count). The molecule has 1 heterocycles. The second-order valence-electron chi connectivity index (χ2n) is 10.3. The summed E-state index contributed by atoms with van der Waals surface area (Å²) in [5.74, 6) is 0.185. The molecular weight excluding hydrogens is 410 g/mol. The molecule has 7 heteroatoms. The van der Waals surface area contributed by atoms with Crippen molar-refractivity contribution in [2.24, 2.45) is 16.7 Å². The minimum atomic E-state index is -0.580. The molecule has 0 bridgehead atoms. The lowest BCUT2D eigenvalue weighted by atomic mass is 9.47. The number of carbonyl (C=O) groups excluding carboxylic acids is 1. The number of aliphatic hydroxyl groups is 2. The van der Waals surface area contributed by atoms with Crippen LogP contribution in [0.15, 0.2) is 12.7 Å². The number of carbonyl (C=O) groups is 1. The number of thiazole rings is 1. The summed E-state index contributed by atoms with van der Waals surface area (Å²) >= 11 is 1.64. The highest BCUT2D eigenvalue weighted by Gasteiger charge is 2.59. The topological polar surface area (TPSA) is 94.5 Å². The zero-order chi connectivity index (χ0) is 22.2. The molecular formula is C24H37N3O3S. The Kier molecular flexibility index (Phi) is 6.48. The number of anilines is 1. The number of fused-ring (bicyclic) bond motifs is 2. The first-order chi connectivity index (χ1) is 14.8. The highest BCUT2D eigenvalue weighted by atomic mass is 32.1. The lowest BCUT2D eigenvalue weighted by Gasteiger charge is -2.58. The third-order valence-electron chi connectivity index (χ3n) is 8.40. The summed E-state index contributed by atoms with van der Waals surface area (Å²) in [6.07, 6.45) is 8.49. The Morgan fingerprint density at radius 1 is 1.32 bits per heavy atom. The van der Waals surface area contributed by atoms with Gasteiger partial charge in [0.15, 0.2) is 5.13 Å². The average molecular weight is 448 g/mol. The van der Waals surface area contributed by atoms with Crippen LogP contribution in [-0.4, -0.2) is 46.4 Å². The standard InChI is InChI=1S/C24H37N3O3S/c1-4-11-25-22-27-21-16(12-20(30)26-15-7-5-6-8-15)23(2)10-9-19(29)24(3,14-28)18(23)13-17(21)31-22/h4,15-16,18-19,28-29H,1,5-14H2,2-3H3,(H,25,27)(H,26,30)/t16-,18+,19-,23+,24+/m1/s1. The molecule has 0 aromatic carbocycles. The maximum atomic E-state index is 13.1. The molecule has 1 aromatic heterocycles. The normalized spacial score (nSPS) is 35.3. The quantitative estimate of drug-likeness (QED) is 0.479. The van der Waals surface area contributed by atoms with Gasteiger partial charge in [-0.05, 0) is 43.4 Å². The van der Waals surface area contributed by atoms with Gasteiger partial charge in [-0.25, -0.2) is 4.98 Å². The van der Waals surface area contributed by atoms with Crippen LogP contribution in [-0.2, 0) is 11.2 Å². The number of amides is 1. The minimum Gasteiger partial charge on any atom is -0.396 e.